The van der Waals surface area contributed by atoms with Crippen molar-refractivity contribution < 1.29 is 4.74 Å². The molecule has 0 spiro atoms. The third-order valence-corrected chi connectivity index (χ3v) is 2.23. The molecule has 15 heavy (non-hydrogen) atoms. The summed E-state index contributed by atoms with van der Waals surface area (Å²) in [5.41, 5.74) is 0.866. The van der Waals surface area contributed by atoms with Gasteiger partial charge in [0, 0.05) is 0 Å². The van der Waals surface area contributed by atoms with Crippen LogP contribution in [0.3, 0.4) is 0 Å². The van der Waals surface area contributed by atoms with E-state index in [0.717, 1.165) is 12.2 Å². The molecule has 0 amide bonds. The molecule has 1 aromatic rings. The summed E-state index contributed by atoms with van der Waals surface area (Å²) in [7, 11) is 0. The zero-order valence-corrected chi connectivity index (χ0v) is 9.58. The van der Waals surface area contributed by atoms with Crippen molar-refractivity contribution >= 4 is 0 Å². The van der Waals surface area contributed by atoms with Gasteiger partial charge in [0.15, 0.2) is 0 Å². The Morgan fingerprint density at radius 3 is 2.33 bits per heavy atom. The molecule has 0 aliphatic heterocycles. The standard InChI is InChI=1S/C13H17NO/c1-4-11-5-7-12(8-6-11)15-10-13(2,3)9-14/h5-8H,4,10H2,1-3H3. The summed E-state index contributed by atoms with van der Waals surface area (Å²) in [5, 5.41) is 8.82. The fourth-order valence-corrected chi connectivity index (χ4v) is 1.12. The average Bonchev–Trinajstić information content (AvgIpc) is 2.27. The van der Waals surface area contributed by atoms with E-state index in [0.29, 0.717) is 6.61 Å². The molecular weight excluding hydrogens is 186 g/mol. The summed E-state index contributed by atoms with van der Waals surface area (Å²) < 4.78 is 5.54. The number of nitriles is 1. The van der Waals surface area contributed by atoms with E-state index >= 15 is 0 Å². The van der Waals surface area contributed by atoms with E-state index in [1.807, 2.05) is 26.0 Å². The van der Waals surface area contributed by atoms with Crippen LogP contribution in [0.5, 0.6) is 5.75 Å². The lowest BCUT2D eigenvalue weighted by Crippen LogP contribution is -2.18. The molecule has 0 saturated heterocycles. The molecular formula is C13H17NO. The number of ether oxygens (including phenoxy) is 1. The van der Waals surface area contributed by atoms with Gasteiger partial charge in [-0.1, -0.05) is 19.1 Å². The van der Waals surface area contributed by atoms with E-state index in [1.54, 1.807) is 0 Å². The molecule has 0 saturated carbocycles. The Labute approximate surface area is 91.5 Å². The molecule has 1 aromatic carbocycles. The first-order chi connectivity index (χ1) is 7.07. The minimum Gasteiger partial charge on any atom is -0.492 e. The number of nitrogens with zero attached hydrogens (tertiary/aromatic N) is 1. The summed E-state index contributed by atoms with van der Waals surface area (Å²) in [6, 6.07) is 10.2. The summed E-state index contributed by atoms with van der Waals surface area (Å²) >= 11 is 0. The van der Waals surface area contributed by atoms with Crippen molar-refractivity contribution in [3.63, 3.8) is 0 Å². The summed E-state index contributed by atoms with van der Waals surface area (Å²) in [4.78, 5) is 0. The molecule has 0 heterocycles. The summed E-state index contributed by atoms with van der Waals surface area (Å²) in [6.07, 6.45) is 1.03. The Morgan fingerprint density at radius 1 is 1.27 bits per heavy atom. The van der Waals surface area contributed by atoms with Crippen molar-refractivity contribution in [3.8, 4) is 11.8 Å². The van der Waals surface area contributed by atoms with Gasteiger partial charge in [0.05, 0.1) is 11.5 Å². The van der Waals surface area contributed by atoms with Crippen LogP contribution in [0.1, 0.15) is 26.3 Å². The first-order valence-corrected chi connectivity index (χ1v) is 5.20. The molecule has 0 aliphatic rings. The van der Waals surface area contributed by atoms with E-state index in [9.17, 15) is 0 Å². The van der Waals surface area contributed by atoms with E-state index < -0.39 is 5.41 Å². The fraction of sp³-hybridized carbons (Fsp3) is 0.462. The molecule has 0 bridgehead atoms. The second-order valence-corrected chi connectivity index (χ2v) is 4.28. The van der Waals surface area contributed by atoms with Crippen LogP contribution in [-0.4, -0.2) is 6.61 Å². The molecule has 0 aromatic heterocycles. The Morgan fingerprint density at radius 2 is 1.87 bits per heavy atom. The predicted molar refractivity (Wildman–Crippen MR) is 60.7 cm³/mol. The molecule has 2 nitrogen and oxygen atoms in total. The molecule has 1 rings (SSSR count). The number of rotatable bonds is 4. The van der Waals surface area contributed by atoms with Crippen LogP contribution in [0, 0.1) is 16.7 Å². The van der Waals surface area contributed by atoms with Crippen molar-refractivity contribution in [1.29, 1.82) is 5.26 Å². The molecule has 0 atom stereocenters. The Hall–Kier alpha value is -1.49. The van der Waals surface area contributed by atoms with Crippen LogP contribution < -0.4 is 4.74 Å². The van der Waals surface area contributed by atoms with Crippen LogP contribution in [0.2, 0.25) is 0 Å². The van der Waals surface area contributed by atoms with E-state index in [2.05, 4.69) is 25.1 Å². The lowest BCUT2D eigenvalue weighted by molar-refractivity contribution is 0.227. The molecule has 0 aliphatic carbocycles. The third-order valence-electron chi connectivity index (χ3n) is 2.23. The van der Waals surface area contributed by atoms with E-state index in [1.165, 1.54) is 5.56 Å². The number of hydrogen-bond donors (Lipinski definition) is 0. The van der Waals surface area contributed by atoms with Gasteiger partial charge in [-0.2, -0.15) is 5.26 Å². The van der Waals surface area contributed by atoms with Gasteiger partial charge < -0.3 is 4.74 Å². The molecule has 80 valence electrons. The fourth-order valence-electron chi connectivity index (χ4n) is 1.12. The topological polar surface area (TPSA) is 33.0 Å². The third kappa shape index (κ3) is 3.63. The predicted octanol–water partition coefficient (Wildman–Crippen LogP) is 3.18. The summed E-state index contributed by atoms with van der Waals surface area (Å²) in [6.45, 7) is 6.28. The molecule has 0 unspecified atom stereocenters. The first-order valence-electron chi connectivity index (χ1n) is 5.20. The Balaban J connectivity index is 2.56. The Bertz CT molecular complexity index is 346. The quantitative estimate of drug-likeness (QED) is 0.753. The van der Waals surface area contributed by atoms with Gasteiger partial charge in [-0.25, -0.2) is 0 Å². The van der Waals surface area contributed by atoms with Crippen LogP contribution in [0.4, 0.5) is 0 Å². The largest absolute Gasteiger partial charge is 0.492 e. The SMILES string of the molecule is CCc1ccc(OCC(C)(C)C#N)cc1. The highest BCUT2D eigenvalue weighted by Gasteiger charge is 2.17. The van der Waals surface area contributed by atoms with Gasteiger partial charge in [-0.3, -0.25) is 0 Å². The smallest absolute Gasteiger partial charge is 0.119 e. The Kier molecular flexibility index (Phi) is 3.74. The van der Waals surface area contributed by atoms with Crippen molar-refractivity contribution in [1.82, 2.24) is 0 Å². The number of hydrogen-bond acceptors (Lipinski definition) is 2. The second-order valence-electron chi connectivity index (χ2n) is 4.28. The van der Waals surface area contributed by atoms with Crippen molar-refractivity contribution in [2.75, 3.05) is 6.61 Å². The lowest BCUT2D eigenvalue weighted by atomic mass is 9.98. The first kappa shape index (κ1) is 11.6. The van der Waals surface area contributed by atoms with Crippen LogP contribution in [-0.2, 0) is 6.42 Å². The van der Waals surface area contributed by atoms with Gasteiger partial charge in [0.1, 0.15) is 12.4 Å². The average molecular weight is 203 g/mol. The number of aryl methyl sites for hydroxylation is 1. The minimum atomic E-state index is -0.427. The van der Waals surface area contributed by atoms with Gasteiger partial charge >= 0.3 is 0 Å². The molecule has 0 radical (unpaired) electrons. The van der Waals surface area contributed by atoms with Gasteiger partial charge in [0.2, 0.25) is 0 Å². The maximum absolute atomic E-state index is 8.82. The highest BCUT2D eigenvalue weighted by atomic mass is 16.5. The molecule has 0 fully saturated rings. The monoisotopic (exact) mass is 203 g/mol. The van der Waals surface area contributed by atoms with E-state index in [-0.39, 0.29) is 0 Å². The zero-order valence-electron chi connectivity index (χ0n) is 9.58. The minimum absolute atomic E-state index is 0.426. The highest BCUT2D eigenvalue weighted by Crippen LogP contribution is 2.18. The van der Waals surface area contributed by atoms with Gasteiger partial charge in [-0.15, -0.1) is 0 Å². The summed E-state index contributed by atoms with van der Waals surface area (Å²) in [5.74, 6) is 0.829. The number of benzene rings is 1. The normalized spacial score (nSPS) is 10.8. The van der Waals surface area contributed by atoms with Gasteiger partial charge in [0.25, 0.3) is 0 Å². The van der Waals surface area contributed by atoms with Gasteiger partial charge in [-0.05, 0) is 38.0 Å². The van der Waals surface area contributed by atoms with Crippen LogP contribution >= 0.6 is 0 Å². The van der Waals surface area contributed by atoms with Crippen molar-refractivity contribution in [2.24, 2.45) is 5.41 Å². The van der Waals surface area contributed by atoms with Crippen LogP contribution in [0.25, 0.3) is 0 Å². The zero-order chi connectivity index (χ0) is 11.3. The van der Waals surface area contributed by atoms with E-state index in [4.69, 9.17) is 10.00 Å². The maximum atomic E-state index is 8.82. The van der Waals surface area contributed by atoms with Crippen molar-refractivity contribution in [3.05, 3.63) is 29.8 Å². The van der Waals surface area contributed by atoms with Crippen LogP contribution in [0.15, 0.2) is 24.3 Å². The molecule has 0 N–H and O–H groups in total. The second kappa shape index (κ2) is 4.84. The highest BCUT2D eigenvalue weighted by molar-refractivity contribution is 5.27. The van der Waals surface area contributed by atoms with Crippen molar-refractivity contribution in [2.45, 2.75) is 27.2 Å². The maximum Gasteiger partial charge on any atom is 0.119 e. The lowest BCUT2D eigenvalue weighted by Gasteiger charge is -2.16. The molecule has 2 heteroatoms.